The molecule has 5 nitrogen and oxygen atoms in total. The monoisotopic (exact) mass is 340 g/mol. The first-order valence-corrected chi connectivity index (χ1v) is 8.36. The number of ether oxygens (including phenoxy) is 1. The Bertz CT molecular complexity index is 714. The molecule has 0 atom stereocenters. The van der Waals surface area contributed by atoms with Gasteiger partial charge in [0, 0.05) is 25.9 Å². The van der Waals surface area contributed by atoms with Crippen molar-refractivity contribution in [2.24, 2.45) is 0 Å². The number of para-hydroxylation sites is 3. The number of carbonyl (C=O) groups excluding carboxylic acids is 2. The number of amides is 2. The second-order valence-corrected chi connectivity index (χ2v) is 6.03. The molecule has 0 saturated carbocycles. The van der Waals surface area contributed by atoms with Crippen LogP contribution in [0.3, 0.4) is 0 Å². The summed E-state index contributed by atoms with van der Waals surface area (Å²) in [6, 6.07) is 16.8. The molecule has 5 heteroatoms. The summed E-state index contributed by atoms with van der Waals surface area (Å²) in [6.45, 7) is 5.59. The average Bonchev–Trinajstić information content (AvgIpc) is 2.56. The first kappa shape index (κ1) is 18.5. The van der Waals surface area contributed by atoms with Gasteiger partial charge in [-0.25, -0.2) is 0 Å². The van der Waals surface area contributed by atoms with E-state index in [2.05, 4.69) is 5.32 Å². The van der Waals surface area contributed by atoms with E-state index in [4.69, 9.17) is 4.74 Å². The topological polar surface area (TPSA) is 58.6 Å². The largest absolute Gasteiger partial charge is 0.455 e. The van der Waals surface area contributed by atoms with Crippen LogP contribution in [0.2, 0.25) is 0 Å². The smallest absolute Gasteiger partial charge is 0.223 e. The van der Waals surface area contributed by atoms with E-state index in [1.165, 1.54) is 6.92 Å². The molecule has 0 spiro atoms. The summed E-state index contributed by atoms with van der Waals surface area (Å²) in [4.78, 5) is 25.6. The molecule has 0 fully saturated rings. The Morgan fingerprint density at radius 1 is 1.04 bits per heavy atom. The Hall–Kier alpha value is -2.82. The van der Waals surface area contributed by atoms with Crippen LogP contribution in [0.15, 0.2) is 54.6 Å². The predicted molar refractivity (Wildman–Crippen MR) is 98.9 cm³/mol. The minimum absolute atomic E-state index is 0.0759. The SMILES string of the molecule is CC(=O)N(CCC(=O)NC(C)C)c1ccccc1Oc1ccccc1. The zero-order valence-electron chi connectivity index (χ0n) is 14.9. The van der Waals surface area contributed by atoms with Crippen molar-refractivity contribution in [3.05, 3.63) is 54.6 Å². The fourth-order valence-corrected chi connectivity index (χ4v) is 2.44. The molecule has 0 radical (unpaired) electrons. The number of nitrogens with zero attached hydrogens (tertiary/aromatic N) is 1. The van der Waals surface area contributed by atoms with Crippen molar-refractivity contribution < 1.29 is 14.3 Å². The van der Waals surface area contributed by atoms with Gasteiger partial charge in [-0.15, -0.1) is 0 Å². The van der Waals surface area contributed by atoms with Crippen molar-refractivity contribution >= 4 is 17.5 Å². The van der Waals surface area contributed by atoms with E-state index in [9.17, 15) is 9.59 Å². The third-order valence-electron chi connectivity index (χ3n) is 3.52. The molecule has 1 N–H and O–H groups in total. The minimum Gasteiger partial charge on any atom is -0.455 e. The predicted octanol–water partition coefficient (Wildman–Crippen LogP) is 3.75. The molecule has 2 aromatic carbocycles. The van der Waals surface area contributed by atoms with Gasteiger partial charge in [-0.2, -0.15) is 0 Å². The fourth-order valence-electron chi connectivity index (χ4n) is 2.44. The van der Waals surface area contributed by atoms with Gasteiger partial charge in [0.15, 0.2) is 5.75 Å². The standard InChI is InChI=1S/C20H24N2O3/c1-15(2)21-20(24)13-14-22(16(3)23)18-11-7-8-12-19(18)25-17-9-5-4-6-10-17/h4-12,15H,13-14H2,1-3H3,(H,21,24). The van der Waals surface area contributed by atoms with E-state index in [-0.39, 0.29) is 24.3 Å². The van der Waals surface area contributed by atoms with E-state index in [1.807, 2.05) is 68.4 Å². The Morgan fingerprint density at radius 3 is 2.32 bits per heavy atom. The highest BCUT2D eigenvalue weighted by molar-refractivity contribution is 5.94. The number of benzene rings is 2. The van der Waals surface area contributed by atoms with E-state index >= 15 is 0 Å². The molecular formula is C20H24N2O3. The third-order valence-corrected chi connectivity index (χ3v) is 3.52. The second kappa shape index (κ2) is 8.87. The maximum atomic E-state index is 12.1. The molecule has 0 aliphatic rings. The quantitative estimate of drug-likeness (QED) is 0.835. The molecule has 2 aromatic rings. The third kappa shape index (κ3) is 5.64. The van der Waals surface area contributed by atoms with Crippen molar-refractivity contribution in [1.82, 2.24) is 5.32 Å². The highest BCUT2D eigenvalue weighted by Gasteiger charge is 2.18. The molecule has 0 aliphatic carbocycles. The van der Waals surface area contributed by atoms with E-state index < -0.39 is 0 Å². The summed E-state index contributed by atoms with van der Waals surface area (Å²) in [5.74, 6) is 1.05. The van der Waals surface area contributed by atoms with Gasteiger partial charge < -0.3 is 15.0 Å². The van der Waals surface area contributed by atoms with Gasteiger partial charge in [0.05, 0.1) is 5.69 Å². The maximum absolute atomic E-state index is 12.1. The Kier molecular flexibility index (Phi) is 6.57. The molecule has 2 amide bonds. The first-order chi connectivity index (χ1) is 12.0. The van der Waals surface area contributed by atoms with Crippen molar-refractivity contribution in [3.8, 4) is 11.5 Å². The normalized spacial score (nSPS) is 10.4. The number of nitrogens with one attached hydrogen (secondary N) is 1. The molecule has 0 heterocycles. The lowest BCUT2D eigenvalue weighted by Crippen LogP contribution is -2.36. The van der Waals surface area contributed by atoms with Gasteiger partial charge in [0.25, 0.3) is 0 Å². The van der Waals surface area contributed by atoms with Gasteiger partial charge in [-0.1, -0.05) is 30.3 Å². The van der Waals surface area contributed by atoms with E-state index in [0.717, 1.165) is 0 Å². The summed E-state index contributed by atoms with van der Waals surface area (Å²) < 4.78 is 5.92. The fraction of sp³-hybridized carbons (Fsp3) is 0.300. The van der Waals surface area contributed by atoms with Crippen LogP contribution in [0.25, 0.3) is 0 Å². The highest BCUT2D eigenvalue weighted by atomic mass is 16.5. The van der Waals surface area contributed by atoms with Crippen molar-refractivity contribution in [2.75, 3.05) is 11.4 Å². The number of anilines is 1. The van der Waals surface area contributed by atoms with Crippen molar-refractivity contribution in [1.29, 1.82) is 0 Å². The number of hydrogen-bond donors (Lipinski definition) is 1. The molecule has 132 valence electrons. The summed E-state index contributed by atoms with van der Waals surface area (Å²) in [7, 11) is 0. The van der Waals surface area contributed by atoms with Crippen LogP contribution in [0.5, 0.6) is 11.5 Å². The summed E-state index contributed by atoms with van der Waals surface area (Å²) in [5.41, 5.74) is 0.649. The summed E-state index contributed by atoms with van der Waals surface area (Å²) in [6.07, 6.45) is 0.234. The molecule has 0 aromatic heterocycles. The molecule has 0 unspecified atom stereocenters. The van der Waals surface area contributed by atoms with Crippen LogP contribution in [-0.2, 0) is 9.59 Å². The van der Waals surface area contributed by atoms with Crippen LogP contribution in [0, 0.1) is 0 Å². The molecular weight excluding hydrogens is 316 g/mol. The number of rotatable bonds is 7. The zero-order valence-corrected chi connectivity index (χ0v) is 14.9. The van der Waals surface area contributed by atoms with Crippen molar-refractivity contribution in [2.45, 2.75) is 33.2 Å². The Balaban J connectivity index is 2.18. The van der Waals surface area contributed by atoms with Crippen LogP contribution >= 0.6 is 0 Å². The summed E-state index contributed by atoms with van der Waals surface area (Å²) in [5, 5.41) is 2.83. The van der Waals surface area contributed by atoms with Gasteiger partial charge in [-0.05, 0) is 38.1 Å². The lowest BCUT2D eigenvalue weighted by atomic mass is 10.2. The van der Waals surface area contributed by atoms with Gasteiger partial charge in [0.1, 0.15) is 5.75 Å². The Morgan fingerprint density at radius 2 is 1.68 bits per heavy atom. The van der Waals surface area contributed by atoms with Crippen LogP contribution in [0.4, 0.5) is 5.69 Å². The summed E-state index contributed by atoms with van der Waals surface area (Å²) >= 11 is 0. The lowest BCUT2D eigenvalue weighted by Gasteiger charge is -2.23. The van der Waals surface area contributed by atoms with Crippen molar-refractivity contribution in [3.63, 3.8) is 0 Å². The first-order valence-electron chi connectivity index (χ1n) is 8.36. The molecule has 2 rings (SSSR count). The number of hydrogen-bond acceptors (Lipinski definition) is 3. The van der Waals surface area contributed by atoms with E-state index in [1.54, 1.807) is 4.90 Å². The molecule has 0 bridgehead atoms. The highest BCUT2D eigenvalue weighted by Crippen LogP contribution is 2.32. The van der Waals surface area contributed by atoms with Crippen LogP contribution in [0.1, 0.15) is 27.2 Å². The Labute approximate surface area is 148 Å². The maximum Gasteiger partial charge on any atom is 0.223 e. The molecule has 0 aliphatic heterocycles. The van der Waals surface area contributed by atoms with Crippen LogP contribution < -0.4 is 15.0 Å². The molecule has 0 saturated heterocycles. The zero-order chi connectivity index (χ0) is 18.2. The van der Waals surface area contributed by atoms with Gasteiger partial charge >= 0.3 is 0 Å². The molecule has 25 heavy (non-hydrogen) atoms. The lowest BCUT2D eigenvalue weighted by molar-refractivity contribution is -0.121. The van der Waals surface area contributed by atoms with E-state index in [0.29, 0.717) is 23.7 Å². The number of carbonyl (C=O) groups is 2. The van der Waals surface area contributed by atoms with Gasteiger partial charge in [0.2, 0.25) is 11.8 Å². The minimum atomic E-state index is -0.138. The second-order valence-electron chi connectivity index (χ2n) is 6.03. The van der Waals surface area contributed by atoms with Gasteiger partial charge in [-0.3, -0.25) is 9.59 Å². The van der Waals surface area contributed by atoms with Crippen LogP contribution in [-0.4, -0.2) is 24.4 Å². The average molecular weight is 340 g/mol.